The van der Waals surface area contributed by atoms with Gasteiger partial charge in [-0.2, -0.15) is 0 Å². The molecule has 0 atom stereocenters. The van der Waals surface area contributed by atoms with Crippen LogP contribution in [0.1, 0.15) is 60.5 Å². The van der Waals surface area contributed by atoms with Crippen LogP contribution >= 0.6 is 0 Å². The highest BCUT2D eigenvalue weighted by atomic mass is 16.2. The van der Waals surface area contributed by atoms with E-state index >= 15 is 0 Å². The molecule has 2 heterocycles. The predicted octanol–water partition coefficient (Wildman–Crippen LogP) is 0.339. The Labute approximate surface area is 174 Å². The van der Waals surface area contributed by atoms with E-state index in [2.05, 4.69) is 10.3 Å². The summed E-state index contributed by atoms with van der Waals surface area (Å²) in [6.07, 6.45) is 0.927. The maximum atomic E-state index is 12.9. The number of aromatic amines is 1. The molecule has 0 bridgehead atoms. The van der Waals surface area contributed by atoms with E-state index in [9.17, 15) is 24.0 Å². The van der Waals surface area contributed by atoms with Crippen LogP contribution in [0.2, 0.25) is 0 Å². The third kappa shape index (κ3) is 4.44. The molecule has 162 valence electrons. The van der Waals surface area contributed by atoms with Crippen LogP contribution in [0.15, 0.2) is 10.9 Å². The molecule has 0 unspecified atom stereocenters. The van der Waals surface area contributed by atoms with Crippen molar-refractivity contribution >= 4 is 23.5 Å². The van der Waals surface area contributed by atoms with Gasteiger partial charge in [0.25, 0.3) is 11.5 Å². The number of rotatable bonds is 2. The molecule has 1 aromatic heterocycles. The molecule has 2 N–H and O–H groups in total. The first kappa shape index (κ1) is 21.7. The minimum atomic E-state index is -0.669. The Bertz CT molecular complexity index is 955. The molecular formula is C21H28N4O5. The Morgan fingerprint density at radius 1 is 1.03 bits per heavy atom. The van der Waals surface area contributed by atoms with E-state index in [1.54, 1.807) is 13.8 Å². The van der Waals surface area contributed by atoms with Gasteiger partial charge in [0, 0.05) is 49.9 Å². The average Bonchev–Trinajstić information content (AvgIpc) is 2.65. The smallest absolute Gasteiger partial charge is 0.312 e. The number of pyridine rings is 1. The summed E-state index contributed by atoms with van der Waals surface area (Å²) in [6, 6.07) is 1.26. The summed E-state index contributed by atoms with van der Waals surface area (Å²) in [4.78, 5) is 67.6. The number of nitrogens with zero attached hydrogens (tertiary/aromatic N) is 2. The first-order chi connectivity index (χ1) is 14.0. The molecular weight excluding hydrogens is 388 g/mol. The molecule has 1 aromatic rings. The van der Waals surface area contributed by atoms with E-state index in [1.807, 2.05) is 13.8 Å². The minimum Gasteiger partial charge on any atom is -0.346 e. The second kappa shape index (κ2) is 8.04. The monoisotopic (exact) mass is 416 g/mol. The molecule has 9 heteroatoms. The number of piperazine rings is 1. The second-order valence-electron chi connectivity index (χ2n) is 9.06. The van der Waals surface area contributed by atoms with Crippen LogP contribution in [-0.2, 0) is 16.0 Å². The number of carbonyl (C=O) groups excluding carboxylic acids is 4. The molecule has 30 heavy (non-hydrogen) atoms. The minimum absolute atomic E-state index is 0.0702. The van der Waals surface area contributed by atoms with Gasteiger partial charge in [-0.25, -0.2) is 0 Å². The highest BCUT2D eigenvalue weighted by molar-refractivity contribution is 6.35. The summed E-state index contributed by atoms with van der Waals surface area (Å²) in [5.74, 6) is -1.86. The van der Waals surface area contributed by atoms with Crippen molar-refractivity contribution < 1.29 is 19.2 Å². The fourth-order valence-electron chi connectivity index (χ4n) is 3.94. The standard InChI is InChI=1S/C21H28N4O5/c1-12(2)22-18(28)20(30)25-7-5-24(6-8-25)19(29)14-9-13-15(23-17(14)27)10-21(3,4)11-16(13)26/h9,12H,5-8,10-11H2,1-4H3,(H,22,28)(H,23,27). The van der Waals surface area contributed by atoms with Gasteiger partial charge < -0.3 is 20.1 Å². The third-order valence-electron chi connectivity index (χ3n) is 5.42. The van der Waals surface area contributed by atoms with Crippen LogP contribution in [0.3, 0.4) is 0 Å². The molecule has 0 radical (unpaired) electrons. The molecule has 1 saturated heterocycles. The Morgan fingerprint density at radius 2 is 1.63 bits per heavy atom. The maximum absolute atomic E-state index is 12.9. The lowest BCUT2D eigenvalue weighted by molar-refractivity contribution is -0.147. The Hall–Kier alpha value is -2.97. The van der Waals surface area contributed by atoms with Gasteiger partial charge in [-0.15, -0.1) is 0 Å². The normalized spacial score (nSPS) is 18.2. The lowest BCUT2D eigenvalue weighted by Crippen LogP contribution is -2.54. The van der Waals surface area contributed by atoms with Crippen molar-refractivity contribution in [2.45, 2.75) is 46.6 Å². The number of H-pyrrole nitrogens is 1. The molecule has 0 aromatic carbocycles. The maximum Gasteiger partial charge on any atom is 0.312 e. The summed E-state index contributed by atoms with van der Waals surface area (Å²) in [5.41, 5.74) is 0.155. The van der Waals surface area contributed by atoms with Gasteiger partial charge in [-0.05, 0) is 31.7 Å². The molecule has 3 amide bonds. The van der Waals surface area contributed by atoms with Crippen LogP contribution in [0.4, 0.5) is 0 Å². The van der Waals surface area contributed by atoms with Crippen LogP contribution in [0, 0.1) is 5.41 Å². The number of aromatic nitrogens is 1. The third-order valence-corrected chi connectivity index (χ3v) is 5.42. The molecule has 9 nitrogen and oxygen atoms in total. The topological polar surface area (TPSA) is 120 Å². The van der Waals surface area contributed by atoms with Gasteiger partial charge in [0.15, 0.2) is 5.78 Å². The molecule has 0 saturated carbocycles. The van der Waals surface area contributed by atoms with E-state index < -0.39 is 23.3 Å². The lowest BCUT2D eigenvalue weighted by atomic mass is 9.75. The summed E-state index contributed by atoms with van der Waals surface area (Å²) in [5, 5.41) is 2.56. The van der Waals surface area contributed by atoms with E-state index in [-0.39, 0.29) is 49.0 Å². The zero-order chi connectivity index (χ0) is 22.2. The largest absolute Gasteiger partial charge is 0.346 e. The van der Waals surface area contributed by atoms with Crippen molar-refractivity contribution in [3.05, 3.63) is 33.2 Å². The zero-order valence-corrected chi connectivity index (χ0v) is 17.8. The molecule has 0 spiro atoms. The summed E-state index contributed by atoms with van der Waals surface area (Å²) in [7, 11) is 0. The predicted molar refractivity (Wildman–Crippen MR) is 109 cm³/mol. The number of amides is 3. The van der Waals surface area contributed by atoms with Crippen molar-refractivity contribution in [1.82, 2.24) is 20.1 Å². The van der Waals surface area contributed by atoms with Crippen molar-refractivity contribution in [2.75, 3.05) is 26.2 Å². The zero-order valence-electron chi connectivity index (χ0n) is 17.8. The van der Waals surface area contributed by atoms with Crippen molar-refractivity contribution in [1.29, 1.82) is 0 Å². The summed E-state index contributed by atoms with van der Waals surface area (Å²) >= 11 is 0. The summed E-state index contributed by atoms with van der Waals surface area (Å²) < 4.78 is 0. The van der Waals surface area contributed by atoms with Crippen LogP contribution in [-0.4, -0.2) is 70.5 Å². The van der Waals surface area contributed by atoms with Gasteiger partial charge in [0.05, 0.1) is 0 Å². The fourth-order valence-corrected chi connectivity index (χ4v) is 3.94. The Morgan fingerprint density at radius 3 is 2.23 bits per heavy atom. The van der Waals surface area contributed by atoms with E-state index in [1.165, 1.54) is 15.9 Å². The van der Waals surface area contributed by atoms with E-state index in [0.717, 1.165) is 0 Å². The summed E-state index contributed by atoms with van der Waals surface area (Å²) in [6.45, 7) is 8.28. The molecule has 2 aliphatic rings. The van der Waals surface area contributed by atoms with E-state index in [0.29, 0.717) is 24.1 Å². The quantitative estimate of drug-likeness (QED) is 0.674. The number of carbonyl (C=O) groups is 4. The molecule has 1 aliphatic carbocycles. The number of hydrogen-bond donors (Lipinski definition) is 2. The van der Waals surface area contributed by atoms with Crippen LogP contribution in [0.5, 0.6) is 0 Å². The first-order valence-corrected chi connectivity index (χ1v) is 10.2. The van der Waals surface area contributed by atoms with Gasteiger partial charge in [0.2, 0.25) is 0 Å². The van der Waals surface area contributed by atoms with Crippen LogP contribution < -0.4 is 10.9 Å². The highest BCUT2D eigenvalue weighted by Crippen LogP contribution is 2.33. The van der Waals surface area contributed by atoms with Gasteiger partial charge >= 0.3 is 11.8 Å². The van der Waals surface area contributed by atoms with Gasteiger partial charge in [-0.3, -0.25) is 24.0 Å². The number of nitrogens with one attached hydrogen (secondary N) is 2. The first-order valence-electron chi connectivity index (χ1n) is 10.2. The molecule has 1 fully saturated rings. The second-order valence-corrected chi connectivity index (χ2v) is 9.06. The van der Waals surface area contributed by atoms with Crippen LogP contribution in [0.25, 0.3) is 0 Å². The van der Waals surface area contributed by atoms with E-state index in [4.69, 9.17) is 0 Å². The van der Waals surface area contributed by atoms with Crippen molar-refractivity contribution in [3.8, 4) is 0 Å². The Balaban J connectivity index is 1.71. The number of ketones is 1. The number of Topliss-reactive ketones (excluding diaryl/α,β-unsaturated/α-hetero) is 1. The SMILES string of the molecule is CC(C)NC(=O)C(=O)N1CCN(C(=O)c2cc3c([nH]c2=O)CC(C)(C)CC3=O)CC1. The highest BCUT2D eigenvalue weighted by Gasteiger charge is 2.34. The Kier molecular flexibility index (Phi) is 5.83. The fraction of sp³-hybridized carbons (Fsp3) is 0.571. The number of fused-ring (bicyclic) bond motifs is 1. The van der Waals surface area contributed by atoms with Crippen molar-refractivity contribution in [3.63, 3.8) is 0 Å². The molecule has 3 rings (SSSR count). The van der Waals surface area contributed by atoms with Crippen molar-refractivity contribution in [2.24, 2.45) is 5.41 Å². The van der Waals surface area contributed by atoms with Gasteiger partial charge in [0.1, 0.15) is 5.56 Å². The average molecular weight is 416 g/mol. The number of hydrogen-bond acceptors (Lipinski definition) is 5. The molecule has 1 aliphatic heterocycles. The van der Waals surface area contributed by atoms with Gasteiger partial charge in [-0.1, -0.05) is 13.8 Å². The lowest BCUT2D eigenvalue weighted by Gasteiger charge is -2.34.